The van der Waals surface area contributed by atoms with Crippen molar-refractivity contribution in [1.82, 2.24) is 5.06 Å². The average Bonchev–Trinajstić information content (AvgIpc) is 2.91. The van der Waals surface area contributed by atoms with Crippen molar-refractivity contribution in [3.8, 4) is 0 Å². The zero-order chi connectivity index (χ0) is 16.1. The number of carbonyl (C=O) groups is 2. The van der Waals surface area contributed by atoms with E-state index in [-0.39, 0.29) is 6.61 Å². The maximum Gasteiger partial charge on any atom is 0.414 e. The number of hydroxylamine groups is 2. The maximum absolute atomic E-state index is 11.9. The molecule has 118 valence electrons. The fraction of sp³-hybridized carbons (Fsp3) is 0.286. The van der Waals surface area contributed by atoms with Crippen molar-refractivity contribution in [2.75, 3.05) is 37.0 Å². The number of hydrogen-bond donors (Lipinski definition) is 1. The smallest absolute Gasteiger partial charge is 0.414 e. The van der Waals surface area contributed by atoms with E-state index in [1.165, 1.54) is 18.0 Å². The molecule has 1 heterocycles. The number of ether oxygens (including phenoxy) is 1. The van der Waals surface area contributed by atoms with Crippen molar-refractivity contribution in [2.45, 2.75) is 0 Å². The van der Waals surface area contributed by atoms with Crippen molar-refractivity contribution >= 4 is 35.1 Å². The van der Waals surface area contributed by atoms with Crippen LogP contribution < -0.4 is 10.2 Å². The Balaban J connectivity index is 2.04. The summed E-state index contributed by atoms with van der Waals surface area (Å²) in [4.78, 5) is 29.9. The third kappa shape index (κ3) is 3.69. The molecule has 1 aliphatic heterocycles. The molecule has 0 aromatic heterocycles. The summed E-state index contributed by atoms with van der Waals surface area (Å²) in [5, 5.41) is 4.03. The highest BCUT2D eigenvalue weighted by molar-refractivity contribution is 6.34. The molecule has 1 fully saturated rings. The molecule has 0 unspecified atom stereocenters. The summed E-state index contributed by atoms with van der Waals surface area (Å²) in [5.74, 6) is 0. The lowest BCUT2D eigenvalue weighted by Crippen LogP contribution is -2.31. The van der Waals surface area contributed by atoms with Crippen LogP contribution in [0.15, 0.2) is 30.9 Å². The van der Waals surface area contributed by atoms with Gasteiger partial charge in [-0.25, -0.2) is 14.7 Å². The van der Waals surface area contributed by atoms with E-state index in [1.54, 1.807) is 18.2 Å². The van der Waals surface area contributed by atoms with Crippen LogP contribution in [0.1, 0.15) is 0 Å². The highest BCUT2D eigenvalue weighted by Gasteiger charge is 2.25. The lowest BCUT2D eigenvalue weighted by Gasteiger charge is -2.18. The van der Waals surface area contributed by atoms with E-state index >= 15 is 0 Å². The van der Waals surface area contributed by atoms with Gasteiger partial charge in [0.2, 0.25) is 0 Å². The van der Waals surface area contributed by atoms with Crippen molar-refractivity contribution < 1.29 is 19.2 Å². The predicted octanol–water partition coefficient (Wildman–Crippen LogP) is 2.88. The van der Waals surface area contributed by atoms with Gasteiger partial charge in [0.05, 0.1) is 23.9 Å². The van der Waals surface area contributed by atoms with Gasteiger partial charge in [-0.2, -0.15) is 0 Å². The molecule has 1 aromatic carbocycles. The van der Waals surface area contributed by atoms with Gasteiger partial charge < -0.3 is 10.1 Å². The van der Waals surface area contributed by atoms with Crippen LogP contribution in [0.2, 0.25) is 5.02 Å². The topological polar surface area (TPSA) is 71.1 Å². The molecule has 7 nitrogen and oxygen atoms in total. The van der Waals surface area contributed by atoms with Crippen molar-refractivity contribution in [1.29, 1.82) is 0 Å². The molecule has 2 rings (SSSR count). The lowest BCUT2D eigenvalue weighted by molar-refractivity contribution is -0.0800. The van der Waals surface area contributed by atoms with Gasteiger partial charge in [0.15, 0.2) is 0 Å². The first-order chi connectivity index (χ1) is 10.5. The number of nitrogens with zero attached hydrogens (tertiary/aromatic N) is 2. The van der Waals surface area contributed by atoms with Crippen molar-refractivity contribution in [3.05, 3.63) is 35.9 Å². The van der Waals surface area contributed by atoms with Gasteiger partial charge in [0, 0.05) is 12.7 Å². The number of urea groups is 1. The quantitative estimate of drug-likeness (QED) is 0.667. The summed E-state index contributed by atoms with van der Waals surface area (Å²) >= 11 is 6.16. The van der Waals surface area contributed by atoms with Gasteiger partial charge in [-0.1, -0.05) is 17.7 Å². The molecule has 1 aromatic rings. The number of amides is 3. The van der Waals surface area contributed by atoms with Crippen LogP contribution in [-0.2, 0) is 9.57 Å². The largest absolute Gasteiger partial charge is 0.447 e. The van der Waals surface area contributed by atoms with Gasteiger partial charge in [-0.05, 0) is 18.2 Å². The van der Waals surface area contributed by atoms with E-state index in [0.29, 0.717) is 29.5 Å². The number of cyclic esters (lactones) is 1. The molecule has 1 aliphatic rings. The second kappa shape index (κ2) is 7.15. The van der Waals surface area contributed by atoms with Gasteiger partial charge in [-0.3, -0.25) is 9.74 Å². The first-order valence-corrected chi connectivity index (χ1v) is 6.93. The molecule has 3 amide bonds. The van der Waals surface area contributed by atoms with Gasteiger partial charge >= 0.3 is 12.1 Å². The van der Waals surface area contributed by atoms with Crippen molar-refractivity contribution in [3.63, 3.8) is 0 Å². The Morgan fingerprint density at radius 2 is 2.41 bits per heavy atom. The van der Waals surface area contributed by atoms with Crippen LogP contribution in [0.5, 0.6) is 0 Å². The maximum atomic E-state index is 11.9. The normalized spacial score (nSPS) is 13.7. The highest BCUT2D eigenvalue weighted by Crippen LogP contribution is 2.30. The van der Waals surface area contributed by atoms with Crippen LogP contribution >= 0.6 is 11.6 Å². The molecular weight excluding hydrogens is 310 g/mol. The van der Waals surface area contributed by atoms with E-state index in [0.717, 1.165) is 5.06 Å². The number of anilines is 2. The number of nitrogens with one attached hydrogen (secondary N) is 1. The highest BCUT2D eigenvalue weighted by atomic mass is 35.5. The minimum atomic E-state index is -0.453. The first-order valence-electron chi connectivity index (χ1n) is 6.55. The number of hydrogen-bond acceptors (Lipinski definition) is 4. The second-order valence-corrected chi connectivity index (χ2v) is 4.85. The summed E-state index contributed by atoms with van der Waals surface area (Å²) < 4.78 is 4.87. The molecule has 1 saturated heterocycles. The van der Waals surface area contributed by atoms with Crippen LogP contribution in [0, 0.1) is 0 Å². The molecule has 0 atom stereocenters. The zero-order valence-electron chi connectivity index (χ0n) is 12.0. The third-order valence-electron chi connectivity index (χ3n) is 2.92. The molecule has 0 saturated carbocycles. The molecule has 0 aliphatic carbocycles. The zero-order valence-corrected chi connectivity index (χ0v) is 12.8. The molecule has 1 N–H and O–H groups in total. The fourth-order valence-corrected chi connectivity index (χ4v) is 2.12. The van der Waals surface area contributed by atoms with E-state index in [1.807, 2.05) is 0 Å². The predicted molar refractivity (Wildman–Crippen MR) is 83.1 cm³/mol. The van der Waals surface area contributed by atoms with Gasteiger partial charge in [0.1, 0.15) is 6.61 Å². The van der Waals surface area contributed by atoms with Crippen molar-refractivity contribution in [2.24, 2.45) is 0 Å². The Labute approximate surface area is 133 Å². The standard InChI is InChI=1S/C14H16ClN3O4/c1-3-7-22-17(2)13(19)16-10-4-5-12(11(15)9-10)18-6-8-21-14(18)20/h3-5,9H,1,6-8H2,2H3,(H,16,19). The fourth-order valence-electron chi connectivity index (χ4n) is 1.84. The van der Waals surface area contributed by atoms with E-state index in [9.17, 15) is 9.59 Å². The Morgan fingerprint density at radius 1 is 1.64 bits per heavy atom. The SMILES string of the molecule is C=CCON(C)C(=O)Nc1ccc(N2CCOC2=O)c(Cl)c1. The van der Waals surface area contributed by atoms with Gasteiger partial charge in [-0.15, -0.1) is 6.58 Å². The summed E-state index contributed by atoms with van der Waals surface area (Å²) in [6.07, 6.45) is 1.10. The Kier molecular flexibility index (Phi) is 5.24. The van der Waals surface area contributed by atoms with Crippen LogP contribution in [-0.4, -0.2) is 44.0 Å². The average molecular weight is 326 g/mol. The molecular formula is C14H16ClN3O4. The number of benzene rings is 1. The van der Waals surface area contributed by atoms with Crippen LogP contribution in [0.4, 0.5) is 21.0 Å². The monoisotopic (exact) mass is 325 g/mol. The number of carbonyl (C=O) groups excluding carboxylic acids is 2. The molecule has 0 spiro atoms. The Morgan fingerprint density at radius 3 is 3.00 bits per heavy atom. The Bertz CT molecular complexity index is 593. The summed E-state index contributed by atoms with van der Waals surface area (Å²) in [6, 6.07) is 4.40. The van der Waals surface area contributed by atoms with E-state index in [4.69, 9.17) is 21.2 Å². The van der Waals surface area contributed by atoms with Gasteiger partial charge in [0.25, 0.3) is 0 Å². The number of halogens is 1. The summed E-state index contributed by atoms with van der Waals surface area (Å²) in [5.41, 5.74) is 1.03. The summed E-state index contributed by atoms with van der Waals surface area (Å²) in [7, 11) is 1.48. The van der Waals surface area contributed by atoms with E-state index in [2.05, 4.69) is 11.9 Å². The molecule has 8 heteroatoms. The number of rotatable bonds is 5. The van der Waals surface area contributed by atoms with Crippen LogP contribution in [0.3, 0.4) is 0 Å². The summed E-state index contributed by atoms with van der Waals surface area (Å²) in [6.45, 7) is 4.50. The van der Waals surface area contributed by atoms with E-state index < -0.39 is 12.1 Å². The molecule has 0 bridgehead atoms. The molecule has 22 heavy (non-hydrogen) atoms. The third-order valence-corrected chi connectivity index (χ3v) is 3.23. The first kappa shape index (κ1) is 16.1. The second-order valence-electron chi connectivity index (χ2n) is 4.44. The minimum absolute atomic E-state index is 0.223. The Hall–Kier alpha value is -2.25. The lowest BCUT2D eigenvalue weighted by atomic mass is 10.2. The molecule has 0 radical (unpaired) electrons. The minimum Gasteiger partial charge on any atom is -0.447 e. The van der Waals surface area contributed by atoms with Crippen LogP contribution in [0.25, 0.3) is 0 Å².